The molecule has 0 fully saturated rings. The molecule has 1 aliphatic carbocycles. The summed E-state index contributed by atoms with van der Waals surface area (Å²) in [7, 11) is 0. The summed E-state index contributed by atoms with van der Waals surface area (Å²) in [5, 5.41) is 4.86. The van der Waals surface area contributed by atoms with E-state index >= 15 is 0 Å². The van der Waals surface area contributed by atoms with Crippen molar-refractivity contribution in [1.82, 2.24) is 19.1 Å². The highest BCUT2D eigenvalue weighted by Crippen LogP contribution is 2.51. The molecule has 0 saturated heterocycles. The zero-order chi connectivity index (χ0) is 31.3. The van der Waals surface area contributed by atoms with Crippen LogP contribution in [0.1, 0.15) is 25.1 Å². The van der Waals surface area contributed by atoms with Gasteiger partial charge in [0.1, 0.15) is 5.82 Å². The summed E-state index contributed by atoms with van der Waals surface area (Å²) < 4.78 is 4.82. The van der Waals surface area contributed by atoms with Crippen molar-refractivity contribution in [3.05, 3.63) is 157 Å². The van der Waals surface area contributed by atoms with Crippen molar-refractivity contribution in [2.24, 2.45) is 0 Å². The second kappa shape index (κ2) is 9.51. The molecular weight excluding hydrogens is 573 g/mol. The van der Waals surface area contributed by atoms with Crippen LogP contribution in [0.5, 0.6) is 0 Å². The van der Waals surface area contributed by atoms with Crippen LogP contribution in [-0.2, 0) is 5.41 Å². The van der Waals surface area contributed by atoms with Crippen LogP contribution in [-0.4, -0.2) is 19.1 Å². The van der Waals surface area contributed by atoms with Crippen molar-refractivity contribution < 1.29 is 0 Å². The Balaban J connectivity index is 1.44. The van der Waals surface area contributed by atoms with Gasteiger partial charge in [0.25, 0.3) is 0 Å². The van der Waals surface area contributed by atoms with Crippen LogP contribution in [0.15, 0.2) is 146 Å². The fraction of sp³-hybridized carbons (Fsp3) is 0.0698. The standard InChI is InChI=1S/C43H30N4/c1-43(2)33-22-12-9-20-31(33)38-40(43)44-41(27-15-5-3-6-16-27)45-42(38)47-34-23-13-10-19-29(34)30-25-26-36-37(39(30)47)32-21-11-14-24-35(32)46(36)28-17-7-4-8-18-28/h3-26H,1-2H3. The van der Waals surface area contributed by atoms with Gasteiger partial charge >= 0.3 is 0 Å². The molecule has 9 aromatic rings. The summed E-state index contributed by atoms with van der Waals surface area (Å²) >= 11 is 0. The molecule has 4 heteroatoms. The lowest BCUT2D eigenvalue weighted by Gasteiger charge is -2.21. The lowest BCUT2D eigenvalue weighted by atomic mass is 9.85. The second-order valence-electron chi connectivity index (χ2n) is 13.0. The zero-order valence-corrected chi connectivity index (χ0v) is 26.1. The monoisotopic (exact) mass is 602 g/mol. The van der Waals surface area contributed by atoms with Gasteiger partial charge in [0.2, 0.25) is 0 Å². The minimum absolute atomic E-state index is 0.287. The van der Waals surface area contributed by atoms with Gasteiger partial charge in [0.05, 0.1) is 27.8 Å². The fourth-order valence-electron chi connectivity index (χ4n) is 7.98. The molecule has 10 rings (SSSR count). The predicted octanol–water partition coefficient (Wildman–Crippen LogP) is 10.6. The molecule has 0 aliphatic heterocycles. The number of fused-ring (bicyclic) bond motifs is 10. The molecule has 222 valence electrons. The van der Waals surface area contributed by atoms with Crippen LogP contribution in [0, 0.1) is 0 Å². The van der Waals surface area contributed by atoms with Crippen LogP contribution in [0.4, 0.5) is 0 Å². The van der Waals surface area contributed by atoms with Gasteiger partial charge in [-0.3, -0.25) is 4.57 Å². The van der Waals surface area contributed by atoms with Crippen LogP contribution >= 0.6 is 0 Å². The van der Waals surface area contributed by atoms with Crippen LogP contribution < -0.4 is 0 Å². The summed E-state index contributed by atoms with van der Waals surface area (Å²) in [4.78, 5) is 10.9. The van der Waals surface area contributed by atoms with Crippen molar-refractivity contribution in [3.8, 4) is 34.0 Å². The van der Waals surface area contributed by atoms with Gasteiger partial charge in [-0.2, -0.15) is 0 Å². The molecular formula is C43H30N4. The third-order valence-corrected chi connectivity index (χ3v) is 10.1. The van der Waals surface area contributed by atoms with E-state index in [4.69, 9.17) is 9.97 Å². The number of para-hydroxylation sites is 3. The molecule has 1 aliphatic rings. The average Bonchev–Trinajstić information content (AvgIpc) is 3.72. The molecule has 0 unspecified atom stereocenters. The summed E-state index contributed by atoms with van der Waals surface area (Å²) in [5.41, 5.74) is 11.2. The maximum absolute atomic E-state index is 5.52. The van der Waals surface area contributed by atoms with E-state index in [-0.39, 0.29) is 5.41 Å². The van der Waals surface area contributed by atoms with Gasteiger partial charge in [0, 0.05) is 43.8 Å². The first-order valence-corrected chi connectivity index (χ1v) is 16.2. The van der Waals surface area contributed by atoms with E-state index in [1.807, 2.05) is 6.07 Å². The molecule has 0 saturated carbocycles. The molecule has 6 aromatic carbocycles. The Morgan fingerprint density at radius 3 is 1.94 bits per heavy atom. The normalized spacial score (nSPS) is 13.5. The number of hydrogen-bond acceptors (Lipinski definition) is 2. The molecule has 3 aromatic heterocycles. The zero-order valence-electron chi connectivity index (χ0n) is 26.1. The topological polar surface area (TPSA) is 35.6 Å². The highest BCUT2D eigenvalue weighted by atomic mass is 15.1. The van der Waals surface area contributed by atoms with Crippen molar-refractivity contribution in [1.29, 1.82) is 0 Å². The quantitative estimate of drug-likeness (QED) is 0.202. The van der Waals surface area contributed by atoms with E-state index in [2.05, 4.69) is 163 Å². The van der Waals surface area contributed by atoms with Crippen molar-refractivity contribution >= 4 is 43.6 Å². The Labute approximate surface area is 272 Å². The molecule has 0 amide bonds. The first-order chi connectivity index (χ1) is 23.1. The molecule has 3 heterocycles. The van der Waals surface area contributed by atoms with Crippen molar-refractivity contribution in [2.75, 3.05) is 0 Å². The number of nitrogens with zero attached hydrogens (tertiary/aromatic N) is 4. The van der Waals surface area contributed by atoms with Crippen LogP contribution in [0.3, 0.4) is 0 Å². The van der Waals surface area contributed by atoms with E-state index in [9.17, 15) is 0 Å². The number of benzene rings is 6. The Kier molecular flexibility index (Phi) is 5.31. The van der Waals surface area contributed by atoms with Gasteiger partial charge in [0.15, 0.2) is 5.82 Å². The van der Waals surface area contributed by atoms with E-state index in [1.54, 1.807) is 0 Å². The SMILES string of the molecule is CC1(C)c2ccccc2-c2c(-n3c4ccccc4c4ccc5c(c6ccccc6n5-c5ccccc5)c43)nc(-c3ccccc3)nc21. The number of hydrogen-bond donors (Lipinski definition) is 0. The molecule has 0 atom stereocenters. The van der Waals surface area contributed by atoms with E-state index in [0.717, 1.165) is 45.2 Å². The molecule has 0 N–H and O–H groups in total. The second-order valence-corrected chi connectivity index (χ2v) is 13.0. The van der Waals surface area contributed by atoms with Gasteiger partial charge in [-0.1, -0.05) is 129 Å². The van der Waals surface area contributed by atoms with Crippen molar-refractivity contribution in [2.45, 2.75) is 19.3 Å². The third-order valence-electron chi connectivity index (χ3n) is 10.1. The summed E-state index contributed by atoms with van der Waals surface area (Å²) in [6.07, 6.45) is 0. The largest absolute Gasteiger partial charge is 0.309 e. The minimum atomic E-state index is -0.287. The molecule has 0 radical (unpaired) electrons. The number of rotatable bonds is 3. The van der Waals surface area contributed by atoms with E-state index in [1.165, 1.54) is 43.7 Å². The first-order valence-electron chi connectivity index (χ1n) is 16.2. The van der Waals surface area contributed by atoms with Crippen molar-refractivity contribution in [3.63, 3.8) is 0 Å². The van der Waals surface area contributed by atoms with Crippen LogP contribution in [0.25, 0.3) is 77.6 Å². The Morgan fingerprint density at radius 2 is 1.15 bits per heavy atom. The third kappa shape index (κ3) is 3.53. The number of aromatic nitrogens is 4. The molecule has 0 spiro atoms. The molecule has 47 heavy (non-hydrogen) atoms. The predicted molar refractivity (Wildman–Crippen MR) is 194 cm³/mol. The summed E-state index contributed by atoms with van der Waals surface area (Å²) in [6.45, 7) is 4.58. The maximum atomic E-state index is 5.52. The smallest absolute Gasteiger partial charge is 0.161 e. The van der Waals surface area contributed by atoms with Gasteiger partial charge in [-0.15, -0.1) is 0 Å². The Bertz CT molecular complexity index is 2700. The van der Waals surface area contributed by atoms with Gasteiger partial charge in [-0.25, -0.2) is 9.97 Å². The fourth-order valence-corrected chi connectivity index (χ4v) is 7.98. The first kappa shape index (κ1) is 26.2. The lowest BCUT2D eigenvalue weighted by molar-refractivity contribution is 0.635. The average molecular weight is 603 g/mol. The Hall–Kier alpha value is -6.00. The lowest BCUT2D eigenvalue weighted by Crippen LogP contribution is -2.18. The maximum Gasteiger partial charge on any atom is 0.161 e. The summed E-state index contributed by atoms with van der Waals surface area (Å²) in [5.74, 6) is 1.66. The molecule has 0 bridgehead atoms. The van der Waals surface area contributed by atoms with Crippen LogP contribution in [0.2, 0.25) is 0 Å². The summed E-state index contributed by atoms with van der Waals surface area (Å²) in [6, 6.07) is 52.0. The molecule has 4 nitrogen and oxygen atoms in total. The van der Waals surface area contributed by atoms with Gasteiger partial charge < -0.3 is 4.57 Å². The minimum Gasteiger partial charge on any atom is -0.309 e. The highest BCUT2D eigenvalue weighted by molar-refractivity contribution is 6.26. The van der Waals surface area contributed by atoms with Gasteiger partial charge in [-0.05, 0) is 41.5 Å². The Morgan fingerprint density at radius 1 is 0.511 bits per heavy atom. The highest BCUT2D eigenvalue weighted by Gasteiger charge is 2.40. The van der Waals surface area contributed by atoms with E-state index < -0.39 is 0 Å². The van der Waals surface area contributed by atoms with E-state index in [0.29, 0.717) is 0 Å².